The van der Waals surface area contributed by atoms with Crippen molar-refractivity contribution in [2.75, 3.05) is 19.8 Å². The van der Waals surface area contributed by atoms with Crippen molar-refractivity contribution in [2.45, 2.75) is 33.4 Å². The van der Waals surface area contributed by atoms with Gasteiger partial charge in [-0.15, -0.1) is 0 Å². The summed E-state index contributed by atoms with van der Waals surface area (Å²) in [5.41, 5.74) is 0.649. The lowest BCUT2D eigenvalue weighted by Gasteiger charge is -2.30. The topological polar surface area (TPSA) is 13.6 Å². The first-order valence-corrected chi connectivity index (χ1v) is 6.97. The van der Waals surface area contributed by atoms with Crippen LogP contribution in [0.2, 0.25) is 0 Å². The highest BCUT2D eigenvalue weighted by molar-refractivity contribution is 7.52. The lowest BCUT2D eigenvalue weighted by atomic mass is 10.00. The Labute approximate surface area is 89.7 Å². The third-order valence-corrected chi connectivity index (χ3v) is 4.91. The van der Waals surface area contributed by atoms with Crippen molar-refractivity contribution in [1.82, 2.24) is 0 Å². The summed E-state index contributed by atoms with van der Waals surface area (Å²) >= 11 is 0. The average Bonchev–Trinajstić information content (AvgIpc) is 2.03. The van der Waals surface area contributed by atoms with Gasteiger partial charge in [0.25, 0.3) is 0 Å². The van der Waals surface area contributed by atoms with Crippen molar-refractivity contribution in [1.29, 1.82) is 0 Å². The molecule has 2 nitrogen and oxygen atoms in total. The molecule has 0 aliphatic rings. The Morgan fingerprint density at radius 2 is 1.71 bits per heavy atom. The maximum atomic E-state index is 6.68. The Morgan fingerprint density at radius 3 is 2.07 bits per heavy atom. The van der Waals surface area contributed by atoms with E-state index in [1.165, 1.54) is 0 Å². The highest BCUT2D eigenvalue weighted by atomic mass is 31.1. The summed E-state index contributed by atoms with van der Waals surface area (Å²) < 4.78 is 5.72. The molecule has 0 bridgehead atoms. The predicted molar refractivity (Wildman–Crippen MR) is 63.7 cm³/mol. The maximum Gasteiger partial charge on any atom is 0.238 e. The molecule has 1 unspecified atom stereocenters. The minimum Gasteiger partial charge on any atom is -0.351 e. The molecule has 0 aromatic carbocycles. The molecule has 14 heavy (non-hydrogen) atoms. The van der Waals surface area contributed by atoms with E-state index in [4.69, 9.17) is 11.1 Å². The molecule has 0 saturated carbocycles. The highest BCUT2D eigenvalue weighted by Crippen LogP contribution is 2.45. The fourth-order valence-electron chi connectivity index (χ4n) is 1.93. The lowest BCUT2D eigenvalue weighted by molar-refractivity contribution is 0.349. The van der Waals surface area contributed by atoms with Gasteiger partial charge in [-0.05, 0) is 18.5 Å². The van der Waals surface area contributed by atoms with E-state index in [1.54, 1.807) is 0 Å². The fourth-order valence-corrected chi connectivity index (χ4v) is 4.15. The molecule has 0 aromatic rings. The van der Waals surface area contributed by atoms with Crippen LogP contribution in [-0.2, 0) is 4.52 Å². The molecule has 82 valence electrons. The number of rotatable bonds is 6. The molecule has 0 N–H and O–H groups in total. The fraction of sp³-hybridized carbons (Fsp3) is 0.909. The molecule has 0 rings (SSSR count). The molecule has 3 heteroatoms. The molecule has 0 amide bonds. The lowest BCUT2D eigenvalue weighted by Crippen LogP contribution is -2.21. The van der Waals surface area contributed by atoms with Crippen LogP contribution in [0.15, 0.2) is 0 Å². The van der Waals surface area contributed by atoms with E-state index in [0.717, 1.165) is 0 Å². The van der Waals surface area contributed by atoms with Gasteiger partial charge in [0.05, 0.1) is 0 Å². The maximum absolute atomic E-state index is 6.68. The SMILES string of the molecule is [C-]#[N+]CCOP(C)C(C(C)C)C(C)C. The Kier molecular flexibility index (Phi) is 7.15. The third kappa shape index (κ3) is 4.94. The summed E-state index contributed by atoms with van der Waals surface area (Å²) in [7, 11) is -0.378. The summed E-state index contributed by atoms with van der Waals surface area (Å²) in [4.78, 5) is 3.29. The number of nitrogens with zero attached hydrogens (tertiary/aromatic N) is 1. The van der Waals surface area contributed by atoms with E-state index < -0.39 is 0 Å². The summed E-state index contributed by atoms with van der Waals surface area (Å²) in [6, 6.07) is 0. The van der Waals surface area contributed by atoms with Crippen molar-refractivity contribution >= 4 is 8.15 Å². The van der Waals surface area contributed by atoms with Crippen LogP contribution in [0.25, 0.3) is 4.85 Å². The van der Waals surface area contributed by atoms with Crippen LogP contribution in [0.1, 0.15) is 27.7 Å². The quantitative estimate of drug-likeness (QED) is 0.375. The summed E-state index contributed by atoms with van der Waals surface area (Å²) in [5.74, 6) is 1.33. The molecule has 0 saturated heterocycles. The molecule has 0 fully saturated rings. The van der Waals surface area contributed by atoms with Gasteiger partial charge in [0.15, 0.2) is 0 Å². The average molecular weight is 215 g/mol. The largest absolute Gasteiger partial charge is 0.351 e. The second-order valence-corrected chi connectivity index (χ2v) is 6.19. The first-order chi connectivity index (χ1) is 6.50. The second-order valence-electron chi connectivity index (χ2n) is 4.24. The molecule has 0 aliphatic carbocycles. The van der Waals surface area contributed by atoms with Crippen molar-refractivity contribution in [2.24, 2.45) is 11.8 Å². The minimum absolute atomic E-state index is 0.378. The smallest absolute Gasteiger partial charge is 0.238 e. The molecule has 0 radical (unpaired) electrons. The zero-order chi connectivity index (χ0) is 11.1. The van der Waals surface area contributed by atoms with Crippen LogP contribution >= 0.6 is 8.15 Å². The van der Waals surface area contributed by atoms with Crippen LogP contribution < -0.4 is 0 Å². The first kappa shape index (κ1) is 13.9. The van der Waals surface area contributed by atoms with E-state index in [9.17, 15) is 0 Å². The van der Waals surface area contributed by atoms with Gasteiger partial charge in [0, 0.05) is 13.8 Å². The summed E-state index contributed by atoms with van der Waals surface area (Å²) in [6.45, 7) is 19.0. The van der Waals surface area contributed by atoms with Gasteiger partial charge >= 0.3 is 0 Å². The first-order valence-electron chi connectivity index (χ1n) is 5.19. The van der Waals surface area contributed by atoms with E-state index in [-0.39, 0.29) is 8.15 Å². The highest BCUT2D eigenvalue weighted by Gasteiger charge is 2.24. The van der Waals surface area contributed by atoms with Gasteiger partial charge < -0.3 is 9.37 Å². The van der Waals surface area contributed by atoms with E-state index in [2.05, 4.69) is 39.2 Å². The molecule has 0 aliphatic heterocycles. The molecular formula is C11H22NOP. The zero-order valence-corrected chi connectivity index (χ0v) is 10.8. The van der Waals surface area contributed by atoms with Crippen LogP contribution in [0, 0.1) is 18.4 Å². The predicted octanol–water partition coefficient (Wildman–Crippen LogP) is 3.63. The Bertz CT molecular complexity index is 178. The molecule has 0 heterocycles. The van der Waals surface area contributed by atoms with Gasteiger partial charge in [0.1, 0.15) is 6.61 Å². The van der Waals surface area contributed by atoms with Crippen molar-refractivity contribution in [3.8, 4) is 0 Å². The zero-order valence-electron chi connectivity index (χ0n) is 9.95. The third-order valence-electron chi connectivity index (χ3n) is 2.28. The van der Waals surface area contributed by atoms with E-state index in [0.29, 0.717) is 30.6 Å². The molecular weight excluding hydrogens is 193 g/mol. The van der Waals surface area contributed by atoms with Gasteiger partial charge in [-0.3, -0.25) is 0 Å². The van der Waals surface area contributed by atoms with E-state index in [1.807, 2.05) is 0 Å². The molecule has 0 aromatic heterocycles. The number of hydrogen-bond donors (Lipinski definition) is 0. The van der Waals surface area contributed by atoms with Gasteiger partial charge in [-0.2, -0.15) is 0 Å². The molecule has 0 spiro atoms. The monoisotopic (exact) mass is 215 g/mol. The van der Waals surface area contributed by atoms with Crippen LogP contribution in [0.3, 0.4) is 0 Å². The van der Waals surface area contributed by atoms with Gasteiger partial charge in [-0.1, -0.05) is 27.7 Å². The van der Waals surface area contributed by atoms with Crippen LogP contribution in [0.5, 0.6) is 0 Å². The normalized spacial score (nSPS) is 13.6. The summed E-state index contributed by atoms with van der Waals surface area (Å²) in [5, 5.41) is 0. The van der Waals surface area contributed by atoms with Crippen molar-refractivity contribution in [3.05, 3.63) is 11.4 Å². The Balaban J connectivity index is 4.03. The second kappa shape index (κ2) is 7.21. The van der Waals surface area contributed by atoms with Gasteiger partial charge in [0.2, 0.25) is 6.54 Å². The minimum atomic E-state index is -0.378. The molecule has 1 atom stereocenters. The summed E-state index contributed by atoms with van der Waals surface area (Å²) in [6.07, 6.45) is 0. The van der Waals surface area contributed by atoms with E-state index >= 15 is 0 Å². The Hall–Kier alpha value is -0.120. The number of hydrogen-bond acceptors (Lipinski definition) is 1. The van der Waals surface area contributed by atoms with Crippen LogP contribution in [-0.4, -0.2) is 25.5 Å². The van der Waals surface area contributed by atoms with Crippen molar-refractivity contribution < 1.29 is 4.52 Å². The Morgan fingerprint density at radius 1 is 1.21 bits per heavy atom. The van der Waals surface area contributed by atoms with Crippen molar-refractivity contribution in [3.63, 3.8) is 0 Å². The van der Waals surface area contributed by atoms with Crippen LogP contribution in [0.4, 0.5) is 0 Å². The standard InChI is InChI=1S/C11H22NOP/c1-9(2)11(10(3)4)14(6)13-8-7-12-5/h9-11H,7-8H2,1-4,6H3. The van der Waals surface area contributed by atoms with Gasteiger partial charge in [-0.25, -0.2) is 6.57 Å².